The van der Waals surface area contributed by atoms with Gasteiger partial charge in [0.25, 0.3) is 11.5 Å². The van der Waals surface area contributed by atoms with Crippen LogP contribution in [0.25, 0.3) is 16.7 Å². The van der Waals surface area contributed by atoms with Crippen molar-refractivity contribution in [2.24, 2.45) is 7.05 Å². The molecule has 11 heteroatoms. The van der Waals surface area contributed by atoms with E-state index in [1.807, 2.05) is 23.9 Å². The van der Waals surface area contributed by atoms with Crippen LogP contribution < -0.4 is 15.6 Å². The summed E-state index contributed by atoms with van der Waals surface area (Å²) in [7, 11) is 1.88. The molecule has 0 spiro atoms. The molecule has 0 saturated carbocycles. The number of hydrogen-bond acceptors (Lipinski definition) is 6. The number of halogens is 2. The maximum absolute atomic E-state index is 14.4. The van der Waals surface area contributed by atoms with Gasteiger partial charge in [0.15, 0.2) is 5.69 Å². The first-order valence-electron chi connectivity index (χ1n) is 10.7. The van der Waals surface area contributed by atoms with Gasteiger partial charge in [0, 0.05) is 29.5 Å². The second-order valence-electron chi connectivity index (χ2n) is 7.95. The summed E-state index contributed by atoms with van der Waals surface area (Å²) >= 11 is 3.18. The summed E-state index contributed by atoms with van der Waals surface area (Å²) in [4.78, 5) is 33.8. The number of nitrogens with one attached hydrogen (secondary N) is 1. The molecule has 3 aromatic heterocycles. The zero-order valence-electron chi connectivity index (χ0n) is 19.1. The van der Waals surface area contributed by atoms with E-state index in [1.165, 1.54) is 24.5 Å². The molecule has 0 fully saturated rings. The Morgan fingerprint density at radius 3 is 2.61 bits per heavy atom. The largest absolute Gasteiger partial charge is 0.438 e. The molecule has 3 heterocycles. The Morgan fingerprint density at radius 2 is 1.86 bits per heavy atom. The van der Waals surface area contributed by atoms with Gasteiger partial charge in [0.05, 0.1) is 5.39 Å². The minimum Gasteiger partial charge on any atom is -0.438 e. The number of benzene rings is 2. The summed E-state index contributed by atoms with van der Waals surface area (Å²) in [5.41, 5.74) is 0.969. The van der Waals surface area contributed by atoms with Gasteiger partial charge in [-0.15, -0.1) is 0 Å². The van der Waals surface area contributed by atoms with Crippen molar-refractivity contribution in [3.63, 3.8) is 0 Å². The highest BCUT2D eigenvalue weighted by Crippen LogP contribution is 2.28. The van der Waals surface area contributed by atoms with E-state index in [0.717, 1.165) is 15.7 Å². The van der Waals surface area contributed by atoms with E-state index in [4.69, 9.17) is 4.74 Å². The average Bonchev–Trinajstić information content (AvgIpc) is 3.23. The van der Waals surface area contributed by atoms with Crippen molar-refractivity contribution in [3.05, 3.63) is 99.0 Å². The molecule has 2 aromatic carbocycles. The summed E-state index contributed by atoms with van der Waals surface area (Å²) in [6, 6.07) is 14.0. The van der Waals surface area contributed by atoms with E-state index in [-0.39, 0.29) is 11.4 Å². The number of carbonyl (C=O) groups excluding carboxylic acids is 1. The Hall–Kier alpha value is -4.38. The predicted octanol–water partition coefficient (Wildman–Crippen LogP) is 4.77. The smallest absolute Gasteiger partial charge is 0.276 e. The quantitative estimate of drug-likeness (QED) is 0.339. The number of aryl methyl sites for hydroxylation is 2. The van der Waals surface area contributed by atoms with Gasteiger partial charge in [0.1, 0.15) is 29.2 Å². The van der Waals surface area contributed by atoms with Crippen LogP contribution in [0.2, 0.25) is 0 Å². The van der Waals surface area contributed by atoms with Crippen LogP contribution in [0, 0.1) is 12.7 Å². The van der Waals surface area contributed by atoms with Gasteiger partial charge in [-0.3, -0.25) is 9.59 Å². The van der Waals surface area contributed by atoms with Crippen molar-refractivity contribution in [1.82, 2.24) is 24.3 Å². The predicted molar refractivity (Wildman–Crippen MR) is 135 cm³/mol. The second-order valence-corrected chi connectivity index (χ2v) is 8.86. The topological polar surface area (TPSA) is 104 Å². The number of rotatable bonds is 5. The SMILES string of the molecule is Cc1cc(=O)n(-c2ccc(Br)cc2F)nc1C(=O)Nc1ccc(Oc2ncnc3c2ccn3C)cc1. The minimum atomic E-state index is -0.652. The van der Waals surface area contributed by atoms with Crippen molar-refractivity contribution in [2.75, 3.05) is 5.32 Å². The van der Waals surface area contributed by atoms with Gasteiger partial charge >= 0.3 is 0 Å². The van der Waals surface area contributed by atoms with Crippen LogP contribution in [0.15, 0.2) is 76.4 Å². The number of anilines is 1. The van der Waals surface area contributed by atoms with E-state index in [2.05, 4.69) is 36.3 Å². The van der Waals surface area contributed by atoms with Gasteiger partial charge < -0.3 is 14.6 Å². The number of fused-ring (bicyclic) bond motifs is 1. The maximum Gasteiger partial charge on any atom is 0.276 e. The first kappa shape index (κ1) is 23.4. The molecular weight excluding hydrogens is 531 g/mol. The third kappa shape index (κ3) is 4.48. The standard InChI is InChI=1S/C25H18BrFN6O3/c1-14-11-21(34)33(20-8-3-15(26)12-19(20)27)31-22(14)24(35)30-16-4-6-17(7-5-16)36-25-18-9-10-32(2)23(18)28-13-29-25/h3-13H,1-2H3,(H,30,35). The zero-order chi connectivity index (χ0) is 25.4. The van der Waals surface area contributed by atoms with Crippen LogP contribution >= 0.6 is 15.9 Å². The van der Waals surface area contributed by atoms with E-state index < -0.39 is 17.3 Å². The highest BCUT2D eigenvalue weighted by atomic mass is 79.9. The third-order valence-electron chi connectivity index (χ3n) is 5.43. The molecule has 5 rings (SSSR count). The molecule has 0 unspecified atom stereocenters. The molecule has 180 valence electrons. The average molecular weight is 549 g/mol. The van der Waals surface area contributed by atoms with Crippen LogP contribution in [-0.4, -0.2) is 30.2 Å². The third-order valence-corrected chi connectivity index (χ3v) is 5.92. The first-order chi connectivity index (χ1) is 17.3. The fourth-order valence-corrected chi connectivity index (χ4v) is 3.97. The zero-order valence-corrected chi connectivity index (χ0v) is 20.7. The number of nitrogens with zero attached hydrogens (tertiary/aromatic N) is 5. The number of ether oxygens (including phenoxy) is 1. The number of carbonyl (C=O) groups is 1. The molecule has 0 aliphatic carbocycles. The molecule has 0 bridgehead atoms. The molecule has 9 nitrogen and oxygen atoms in total. The summed E-state index contributed by atoms with van der Waals surface area (Å²) in [6.07, 6.45) is 3.30. The lowest BCUT2D eigenvalue weighted by Crippen LogP contribution is -2.27. The Labute approximate surface area is 212 Å². The highest BCUT2D eigenvalue weighted by Gasteiger charge is 2.17. The molecule has 1 amide bonds. The molecule has 0 saturated heterocycles. The maximum atomic E-state index is 14.4. The fraction of sp³-hybridized carbons (Fsp3) is 0.0800. The molecule has 1 N–H and O–H groups in total. The molecular formula is C25H18BrFN6O3. The number of aromatic nitrogens is 5. The summed E-state index contributed by atoms with van der Waals surface area (Å²) in [5, 5.41) is 7.65. The molecule has 0 atom stereocenters. The Bertz CT molecular complexity index is 1680. The van der Waals surface area contributed by atoms with Crippen molar-refractivity contribution >= 4 is 38.6 Å². The van der Waals surface area contributed by atoms with Gasteiger partial charge in [-0.2, -0.15) is 9.78 Å². The van der Waals surface area contributed by atoms with Gasteiger partial charge in [-0.1, -0.05) is 15.9 Å². The first-order valence-corrected chi connectivity index (χ1v) is 11.5. The van der Waals surface area contributed by atoms with Crippen LogP contribution in [0.5, 0.6) is 11.6 Å². The number of amides is 1. The lowest BCUT2D eigenvalue weighted by Gasteiger charge is -2.11. The summed E-state index contributed by atoms with van der Waals surface area (Å²) < 4.78 is 23.6. The van der Waals surface area contributed by atoms with Crippen molar-refractivity contribution in [1.29, 1.82) is 0 Å². The van der Waals surface area contributed by atoms with E-state index in [9.17, 15) is 14.0 Å². The minimum absolute atomic E-state index is 0.00954. The van der Waals surface area contributed by atoms with Crippen LogP contribution in [-0.2, 0) is 7.05 Å². The lowest BCUT2D eigenvalue weighted by atomic mass is 10.2. The molecule has 0 radical (unpaired) electrons. The monoisotopic (exact) mass is 548 g/mol. The summed E-state index contributed by atoms with van der Waals surface area (Å²) in [5.74, 6) is -0.263. The van der Waals surface area contributed by atoms with Crippen molar-refractivity contribution in [3.8, 4) is 17.3 Å². The molecule has 0 aliphatic heterocycles. The van der Waals surface area contributed by atoms with Gasteiger partial charge in [-0.25, -0.2) is 14.4 Å². The van der Waals surface area contributed by atoms with Crippen LogP contribution in [0.4, 0.5) is 10.1 Å². The Kier molecular flexibility index (Phi) is 6.06. The fourth-order valence-electron chi connectivity index (χ4n) is 3.64. The van der Waals surface area contributed by atoms with Crippen LogP contribution in [0.3, 0.4) is 0 Å². The van der Waals surface area contributed by atoms with Crippen molar-refractivity contribution in [2.45, 2.75) is 6.92 Å². The molecule has 36 heavy (non-hydrogen) atoms. The van der Waals surface area contributed by atoms with Gasteiger partial charge in [0.2, 0.25) is 5.88 Å². The van der Waals surface area contributed by atoms with Crippen LogP contribution in [0.1, 0.15) is 16.1 Å². The molecule has 5 aromatic rings. The Morgan fingerprint density at radius 1 is 1.08 bits per heavy atom. The number of hydrogen-bond donors (Lipinski definition) is 1. The van der Waals surface area contributed by atoms with E-state index in [0.29, 0.717) is 27.4 Å². The van der Waals surface area contributed by atoms with E-state index >= 15 is 0 Å². The Balaban J connectivity index is 1.37. The van der Waals surface area contributed by atoms with E-state index in [1.54, 1.807) is 37.3 Å². The lowest BCUT2D eigenvalue weighted by molar-refractivity contribution is 0.102. The normalized spacial score (nSPS) is 11.0. The highest BCUT2D eigenvalue weighted by molar-refractivity contribution is 9.10. The summed E-state index contributed by atoms with van der Waals surface area (Å²) in [6.45, 7) is 1.59. The second kappa shape index (κ2) is 9.34. The molecule has 0 aliphatic rings. The van der Waals surface area contributed by atoms with Gasteiger partial charge in [-0.05, 0) is 61.0 Å². The van der Waals surface area contributed by atoms with Crippen molar-refractivity contribution < 1.29 is 13.9 Å².